The lowest BCUT2D eigenvalue weighted by Gasteiger charge is -2.10. The molecule has 1 aromatic carbocycles. The van der Waals surface area contributed by atoms with Crippen molar-refractivity contribution < 1.29 is 9.18 Å². The van der Waals surface area contributed by atoms with Crippen LogP contribution in [0.1, 0.15) is 6.92 Å². The Hall–Kier alpha value is -1.58. The Morgan fingerprint density at radius 2 is 2.21 bits per heavy atom. The number of nitrogens with one attached hydrogen (secondary N) is 1. The molecule has 0 fully saturated rings. The van der Waals surface area contributed by atoms with Gasteiger partial charge in [0.15, 0.2) is 0 Å². The summed E-state index contributed by atoms with van der Waals surface area (Å²) in [6.07, 6.45) is 0. The maximum Gasteiger partial charge on any atom is 0.222 e. The Morgan fingerprint density at radius 1 is 1.57 bits per heavy atom. The first-order chi connectivity index (χ1) is 6.61. The molecule has 0 aromatic heterocycles. The smallest absolute Gasteiger partial charge is 0.222 e. The molecule has 0 heterocycles. The quantitative estimate of drug-likeness (QED) is 0.763. The van der Waals surface area contributed by atoms with E-state index in [9.17, 15) is 9.18 Å². The molecule has 0 radical (unpaired) electrons. The molecule has 1 amide bonds. The standard InChI is InChI=1S/C10H13FN2O/c1-7(10(12)14)6-13-9-5-3-2-4-8(9)11/h2-5,7,13H,6H2,1H3,(H2,12,14). The van der Waals surface area contributed by atoms with Crippen molar-refractivity contribution in [2.45, 2.75) is 6.92 Å². The third-order valence-electron chi connectivity index (χ3n) is 1.96. The van der Waals surface area contributed by atoms with E-state index in [1.165, 1.54) is 6.07 Å². The predicted octanol–water partition coefficient (Wildman–Crippen LogP) is 1.36. The molecule has 1 aromatic rings. The number of hydrogen-bond donors (Lipinski definition) is 2. The van der Waals surface area contributed by atoms with Crippen molar-refractivity contribution in [3.05, 3.63) is 30.1 Å². The number of primary amides is 1. The molecule has 3 N–H and O–H groups in total. The van der Waals surface area contributed by atoms with Gasteiger partial charge in [0.1, 0.15) is 5.82 Å². The van der Waals surface area contributed by atoms with Crippen LogP contribution in [0.5, 0.6) is 0 Å². The molecule has 0 spiro atoms. The molecular formula is C10H13FN2O. The summed E-state index contributed by atoms with van der Waals surface area (Å²) in [4.78, 5) is 10.7. The summed E-state index contributed by atoms with van der Waals surface area (Å²) in [5.41, 5.74) is 5.45. The Kier molecular flexibility index (Phi) is 3.45. The van der Waals surface area contributed by atoms with E-state index in [1.807, 2.05) is 0 Å². The molecule has 76 valence electrons. The number of anilines is 1. The molecule has 0 saturated carbocycles. The molecule has 0 aliphatic heterocycles. The highest BCUT2D eigenvalue weighted by atomic mass is 19.1. The van der Waals surface area contributed by atoms with E-state index in [0.29, 0.717) is 12.2 Å². The monoisotopic (exact) mass is 196 g/mol. The average Bonchev–Trinajstić information content (AvgIpc) is 2.16. The van der Waals surface area contributed by atoms with E-state index in [2.05, 4.69) is 5.32 Å². The fourth-order valence-electron chi connectivity index (χ4n) is 0.968. The topological polar surface area (TPSA) is 55.1 Å². The normalized spacial score (nSPS) is 12.1. The fourth-order valence-corrected chi connectivity index (χ4v) is 0.968. The zero-order chi connectivity index (χ0) is 10.6. The van der Waals surface area contributed by atoms with Crippen molar-refractivity contribution >= 4 is 11.6 Å². The van der Waals surface area contributed by atoms with Crippen LogP contribution in [0, 0.1) is 11.7 Å². The van der Waals surface area contributed by atoms with Crippen LogP contribution < -0.4 is 11.1 Å². The molecule has 0 aliphatic rings. The highest BCUT2D eigenvalue weighted by Gasteiger charge is 2.08. The highest BCUT2D eigenvalue weighted by molar-refractivity contribution is 5.76. The number of nitrogens with two attached hydrogens (primary N) is 1. The summed E-state index contributed by atoms with van der Waals surface area (Å²) >= 11 is 0. The van der Waals surface area contributed by atoms with Gasteiger partial charge in [-0.3, -0.25) is 4.79 Å². The average molecular weight is 196 g/mol. The zero-order valence-electron chi connectivity index (χ0n) is 7.96. The maximum atomic E-state index is 13.1. The lowest BCUT2D eigenvalue weighted by Crippen LogP contribution is -2.26. The number of para-hydroxylation sites is 1. The van der Waals surface area contributed by atoms with E-state index < -0.39 is 5.91 Å². The molecule has 4 heteroatoms. The van der Waals surface area contributed by atoms with Crippen LogP contribution in [-0.4, -0.2) is 12.5 Å². The number of carbonyl (C=O) groups is 1. The lowest BCUT2D eigenvalue weighted by molar-refractivity contribution is -0.120. The molecular weight excluding hydrogens is 183 g/mol. The Bertz CT molecular complexity index is 328. The van der Waals surface area contributed by atoms with Crippen LogP contribution in [0.2, 0.25) is 0 Å². The fraction of sp³-hybridized carbons (Fsp3) is 0.300. The van der Waals surface area contributed by atoms with Crippen molar-refractivity contribution in [1.82, 2.24) is 0 Å². The van der Waals surface area contributed by atoms with Crippen LogP contribution in [0.25, 0.3) is 0 Å². The van der Waals surface area contributed by atoms with Gasteiger partial charge in [-0.2, -0.15) is 0 Å². The second kappa shape index (κ2) is 4.60. The predicted molar refractivity (Wildman–Crippen MR) is 53.2 cm³/mol. The van der Waals surface area contributed by atoms with Gasteiger partial charge in [0.05, 0.1) is 11.6 Å². The number of halogens is 1. The summed E-state index contributed by atoms with van der Waals surface area (Å²) in [5.74, 6) is -1.03. The third kappa shape index (κ3) is 2.73. The SMILES string of the molecule is CC(CNc1ccccc1F)C(N)=O. The van der Waals surface area contributed by atoms with Crippen molar-refractivity contribution in [2.75, 3.05) is 11.9 Å². The van der Waals surface area contributed by atoms with Gasteiger partial charge in [-0.1, -0.05) is 19.1 Å². The molecule has 1 unspecified atom stereocenters. The molecule has 1 rings (SSSR count). The molecule has 1 atom stereocenters. The lowest BCUT2D eigenvalue weighted by atomic mass is 10.1. The van der Waals surface area contributed by atoms with Crippen molar-refractivity contribution in [3.63, 3.8) is 0 Å². The largest absolute Gasteiger partial charge is 0.382 e. The van der Waals surface area contributed by atoms with Crippen LogP contribution >= 0.6 is 0 Å². The molecule has 0 saturated heterocycles. The number of hydrogen-bond acceptors (Lipinski definition) is 2. The van der Waals surface area contributed by atoms with Crippen molar-refractivity contribution in [3.8, 4) is 0 Å². The van der Waals surface area contributed by atoms with Gasteiger partial charge in [-0.05, 0) is 12.1 Å². The van der Waals surface area contributed by atoms with E-state index in [1.54, 1.807) is 25.1 Å². The van der Waals surface area contributed by atoms with Gasteiger partial charge >= 0.3 is 0 Å². The van der Waals surface area contributed by atoms with Crippen LogP contribution in [0.3, 0.4) is 0 Å². The summed E-state index contributed by atoms with van der Waals surface area (Å²) < 4.78 is 13.1. The summed E-state index contributed by atoms with van der Waals surface area (Å²) in [7, 11) is 0. The van der Waals surface area contributed by atoms with Gasteiger partial charge in [0, 0.05) is 6.54 Å². The molecule has 3 nitrogen and oxygen atoms in total. The first-order valence-corrected chi connectivity index (χ1v) is 4.39. The van der Waals surface area contributed by atoms with E-state index in [0.717, 1.165) is 0 Å². The van der Waals surface area contributed by atoms with E-state index in [4.69, 9.17) is 5.73 Å². The highest BCUT2D eigenvalue weighted by Crippen LogP contribution is 2.12. The second-order valence-corrected chi connectivity index (χ2v) is 3.16. The summed E-state index contributed by atoms with van der Waals surface area (Å²) in [5, 5.41) is 2.82. The summed E-state index contributed by atoms with van der Waals surface area (Å²) in [6.45, 7) is 2.03. The van der Waals surface area contributed by atoms with Gasteiger partial charge < -0.3 is 11.1 Å². The Balaban J connectivity index is 2.54. The number of rotatable bonds is 4. The molecule has 0 aliphatic carbocycles. The number of carbonyl (C=O) groups excluding carboxylic acids is 1. The van der Waals surface area contributed by atoms with E-state index >= 15 is 0 Å². The minimum atomic E-state index is -0.395. The maximum absolute atomic E-state index is 13.1. The number of benzene rings is 1. The van der Waals surface area contributed by atoms with Crippen LogP contribution in [0.15, 0.2) is 24.3 Å². The Morgan fingerprint density at radius 3 is 2.79 bits per heavy atom. The zero-order valence-corrected chi connectivity index (χ0v) is 7.96. The van der Waals surface area contributed by atoms with Gasteiger partial charge in [0.25, 0.3) is 0 Å². The number of amides is 1. The van der Waals surface area contributed by atoms with Gasteiger partial charge in [0.2, 0.25) is 5.91 Å². The van der Waals surface area contributed by atoms with Crippen LogP contribution in [0.4, 0.5) is 10.1 Å². The second-order valence-electron chi connectivity index (χ2n) is 3.16. The summed E-state index contributed by atoms with van der Waals surface area (Å²) in [6, 6.07) is 6.30. The van der Waals surface area contributed by atoms with Gasteiger partial charge in [-0.15, -0.1) is 0 Å². The minimum Gasteiger partial charge on any atom is -0.382 e. The van der Waals surface area contributed by atoms with Crippen molar-refractivity contribution in [2.24, 2.45) is 11.7 Å². The molecule has 0 bridgehead atoms. The minimum absolute atomic E-state index is 0.311. The Labute approximate surface area is 82.1 Å². The van der Waals surface area contributed by atoms with Crippen molar-refractivity contribution in [1.29, 1.82) is 0 Å². The van der Waals surface area contributed by atoms with E-state index in [-0.39, 0.29) is 11.7 Å². The molecule has 14 heavy (non-hydrogen) atoms. The van der Waals surface area contributed by atoms with Crippen LogP contribution in [-0.2, 0) is 4.79 Å². The third-order valence-corrected chi connectivity index (χ3v) is 1.96. The van der Waals surface area contributed by atoms with Gasteiger partial charge in [-0.25, -0.2) is 4.39 Å². The first-order valence-electron chi connectivity index (χ1n) is 4.39. The first kappa shape index (κ1) is 10.5.